The molecule has 0 aliphatic carbocycles. The van der Waals surface area contributed by atoms with Crippen molar-refractivity contribution in [3.05, 3.63) is 156 Å². The van der Waals surface area contributed by atoms with Gasteiger partial charge in [0.05, 0.1) is 21.0 Å². The standard InChI is InChI=1S/C24H17ClN4O5.C17H10ClN3O5.Fe/c1-13-6-2-5-9-18(13)26-24(32)16-10-14-7-3-4-8-15(14)22(23(16)31)28-27-19-12-20(29(33)34)17(25)11-21(19)30;18-12-6-15(23)13(7-14(12)21(25)26)19-20-16-11-4-2-1-3-9(11)5-10(8-22)17(16)24;/h2-12,30-31H,1H3,(H,26,32);1-8,23-24H;. The zero-order valence-electron chi connectivity index (χ0n) is 31.0. The Balaban J connectivity index is 0.000000235. The van der Waals surface area contributed by atoms with Gasteiger partial charge in [-0.2, -0.15) is 0 Å². The van der Waals surface area contributed by atoms with E-state index in [0.717, 1.165) is 29.8 Å². The number of carbonyl (C=O) groups excluding carboxylic acids is 2. The maximum absolute atomic E-state index is 13.0. The van der Waals surface area contributed by atoms with Gasteiger partial charge in [-0.1, -0.05) is 89.9 Å². The molecular weight excluding hydrogens is 877 g/mol. The summed E-state index contributed by atoms with van der Waals surface area (Å²) in [4.78, 5) is 44.8. The minimum absolute atomic E-state index is 0. The number of azo groups is 2. The topological polar surface area (TPSA) is 263 Å². The first-order valence-electron chi connectivity index (χ1n) is 17.2. The van der Waals surface area contributed by atoms with Gasteiger partial charge in [0.15, 0.2) is 17.8 Å². The molecule has 61 heavy (non-hydrogen) atoms. The van der Waals surface area contributed by atoms with Crippen LogP contribution in [0.5, 0.6) is 23.0 Å². The molecular formula is C41H27Cl2FeN7O10. The van der Waals surface area contributed by atoms with Crippen LogP contribution in [0.3, 0.4) is 0 Å². The zero-order chi connectivity index (χ0) is 43.2. The number of nitrogens with one attached hydrogen (secondary N) is 1. The number of para-hydroxylation sites is 1. The quantitative estimate of drug-likeness (QED) is 0.0301. The van der Waals surface area contributed by atoms with E-state index in [-0.39, 0.29) is 66.7 Å². The van der Waals surface area contributed by atoms with Crippen molar-refractivity contribution in [3.63, 3.8) is 0 Å². The number of nitro groups is 2. The summed E-state index contributed by atoms with van der Waals surface area (Å²) in [6, 6.07) is 27.9. The summed E-state index contributed by atoms with van der Waals surface area (Å²) in [5.74, 6) is -2.22. The van der Waals surface area contributed by atoms with Crippen molar-refractivity contribution in [3.8, 4) is 23.0 Å². The smallest absolute Gasteiger partial charge is 0.290 e. The molecule has 20 heteroatoms. The van der Waals surface area contributed by atoms with E-state index in [9.17, 15) is 50.2 Å². The summed E-state index contributed by atoms with van der Waals surface area (Å²) in [7, 11) is 0. The van der Waals surface area contributed by atoms with Gasteiger partial charge in [0.25, 0.3) is 17.3 Å². The minimum atomic E-state index is -0.722. The molecule has 7 aromatic carbocycles. The molecule has 308 valence electrons. The Kier molecular flexibility index (Phi) is 13.9. The average Bonchev–Trinajstić information content (AvgIpc) is 3.21. The first-order chi connectivity index (χ1) is 28.7. The number of benzene rings is 7. The van der Waals surface area contributed by atoms with Crippen LogP contribution in [-0.2, 0) is 17.1 Å². The molecule has 0 unspecified atom stereocenters. The average molecular weight is 904 g/mol. The van der Waals surface area contributed by atoms with Crippen LogP contribution in [0, 0.1) is 27.2 Å². The van der Waals surface area contributed by atoms with Gasteiger partial charge >= 0.3 is 0 Å². The van der Waals surface area contributed by atoms with Crippen LogP contribution < -0.4 is 5.32 Å². The zero-order valence-corrected chi connectivity index (χ0v) is 33.6. The van der Waals surface area contributed by atoms with E-state index in [1.807, 2.05) is 19.1 Å². The number of halogens is 2. The summed E-state index contributed by atoms with van der Waals surface area (Å²) in [6.07, 6.45) is 0.478. The van der Waals surface area contributed by atoms with Crippen molar-refractivity contribution in [1.29, 1.82) is 0 Å². The molecule has 0 atom stereocenters. The third kappa shape index (κ3) is 9.70. The molecule has 0 radical (unpaired) electrons. The molecule has 0 bridgehead atoms. The van der Waals surface area contributed by atoms with Gasteiger partial charge in [-0.3, -0.25) is 29.8 Å². The molecule has 0 saturated carbocycles. The number of phenols is 4. The number of hydrogen-bond acceptors (Lipinski definition) is 14. The Labute approximate surface area is 364 Å². The van der Waals surface area contributed by atoms with Crippen LogP contribution in [0.15, 0.2) is 130 Å². The molecule has 0 aromatic heterocycles. The fraction of sp³-hybridized carbons (Fsp3) is 0.0244. The summed E-state index contributed by atoms with van der Waals surface area (Å²) in [6.45, 7) is 1.84. The van der Waals surface area contributed by atoms with Crippen molar-refractivity contribution in [2.75, 3.05) is 5.32 Å². The van der Waals surface area contributed by atoms with E-state index < -0.39 is 44.4 Å². The van der Waals surface area contributed by atoms with E-state index >= 15 is 0 Å². The minimum Gasteiger partial charge on any atom is -0.506 e. The molecule has 7 rings (SSSR count). The van der Waals surface area contributed by atoms with E-state index in [4.69, 9.17) is 23.2 Å². The van der Waals surface area contributed by atoms with Crippen LogP contribution in [0.25, 0.3) is 21.5 Å². The van der Waals surface area contributed by atoms with E-state index in [2.05, 4.69) is 25.8 Å². The van der Waals surface area contributed by atoms with Gasteiger partial charge in [-0.05, 0) is 41.5 Å². The number of nitro benzene ring substituents is 2. The predicted molar refractivity (Wildman–Crippen MR) is 224 cm³/mol. The number of fused-ring (bicyclic) bond motifs is 2. The van der Waals surface area contributed by atoms with Crippen molar-refractivity contribution in [1.82, 2.24) is 0 Å². The molecule has 0 heterocycles. The third-order valence-electron chi connectivity index (χ3n) is 8.78. The SMILES string of the molecule is Cc1ccccc1NC(=O)c1cc2ccccc2c(N=Nc2cc([N+](=O)[O-])c(Cl)cc2O)c1O.O=Cc1cc2ccccc2c(N=Nc2cc([N+](=O)[O-])c(Cl)cc2O)c1O.[Fe]. The van der Waals surface area contributed by atoms with Crippen LogP contribution in [0.4, 0.5) is 39.8 Å². The number of carbonyl (C=O) groups is 2. The first kappa shape index (κ1) is 44.6. The van der Waals surface area contributed by atoms with Gasteiger partial charge in [0.2, 0.25) is 0 Å². The molecule has 7 aromatic rings. The summed E-state index contributed by atoms with van der Waals surface area (Å²) in [5, 5.41) is 83.4. The maximum Gasteiger partial charge on any atom is 0.290 e. The van der Waals surface area contributed by atoms with Crippen LogP contribution >= 0.6 is 23.2 Å². The molecule has 17 nitrogen and oxygen atoms in total. The van der Waals surface area contributed by atoms with Crippen molar-refractivity contribution in [2.24, 2.45) is 20.5 Å². The maximum atomic E-state index is 13.0. The van der Waals surface area contributed by atoms with E-state index in [1.54, 1.807) is 60.7 Å². The van der Waals surface area contributed by atoms with E-state index in [1.165, 1.54) is 12.1 Å². The summed E-state index contributed by atoms with van der Waals surface area (Å²) in [5.41, 5.74) is 0.0225. The van der Waals surface area contributed by atoms with Gasteiger partial charge < -0.3 is 25.7 Å². The van der Waals surface area contributed by atoms with Crippen LogP contribution in [0.2, 0.25) is 10.0 Å². The number of phenolic OH excluding ortho intramolecular Hbond substituents is 4. The van der Waals surface area contributed by atoms with Gasteiger partial charge in [0, 0.05) is 57.8 Å². The van der Waals surface area contributed by atoms with Gasteiger partial charge in [0.1, 0.15) is 44.3 Å². The van der Waals surface area contributed by atoms with E-state index in [0.29, 0.717) is 33.5 Å². The summed E-state index contributed by atoms with van der Waals surface area (Å²) < 4.78 is 0. The number of aldehydes is 1. The fourth-order valence-electron chi connectivity index (χ4n) is 5.75. The largest absolute Gasteiger partial charge is 0.506 e. The molecule has 0 saturated heterocycles. The second-order valence-corrected chi connectivity index (χ2v) is 13.4. The Bertz CT molecular complexity index is 2970. The monoisotopic (exact) mass is 903 g/mol. The van der Waals surface area contributed by atoms with Gasteiger partial charge in [-0.25, -0.2) is 0 Å². The number of aryl methyl sites for hydroxylation is 1. The first-order valence-corrected chi connectivity index (χ1v) is 17.9. The van der Waals surface area contributed by atoms with Crippen molar-refractivity contribution >= 4 is 96.8 Å². The fourth-order valence-corrected chi connectivity index (χ4v) is 6.21. The Morgan fingerprint density at radius 2 is 1.11 bits per heavy atom. The molecule has 0 spiro atoms. The Morgan fingerprint density at radius 3 is 1.61 bits per heavy atom. The van der Waals surface area contributed by atoms with Gasteiger partial charge in [-0.15, -0.1) is 20.5 Å². The number of hydrogen-bond donors (Lipinski definition) is 5. The van der Waals surface area contributed by atoms with Crippen molar-refractivity contribution < 1.29 is 56.9 Å². The van der Waals surface area contributed by atoms with Crippen LogP contribution in [0.1, 0.15) is 26.3 Å². The number of aromatic hydroxyl groups is 4. The molecule has 0 aliphatic heterocycles. The molecule has 0 aliphatic rings. The second kappa shape index (κ2) is 19.0. The Hall–Kier alpha value is -7.50. The third-order valence-corrected chi connectivity index (χ3v) is 9.39. The number of nitrogens with zero attached hydrogens (tertiary/aromatic N) is 6. The normalized spacial score (nSPS) is 10.9. The van der Waals surface area contributed by atoms with Crippen LogP contribution in [-0.4, -0.2) is 42.5 Å². The molecule has 1 amide bonds. The predicted octanol–water partition coefficient (Wildman–Crippen LogP) is 11.8. The number of amides is 1. The summed E-state index contributed by atoms with van der Waals surface area (Å²) >= 11 is 11.5. The Morgan fingerprint density at radius 1 is 0.656 bits per heavy atom. The molecule has 0 fully saturated rings. The van der Waals surface area contributed by atoms with Crippen molar-refractivity contribution in [2.45, 2.75) is 6.92 Å². The second-order valence-electron chi connectivity index (χ2n) is 12.6. The number of rotatable bonds is 9. The molecule has 5 N–H and O–H groups in total. The number of anilines is 1.